The zero-order chi connectivity index (χ0) is 14.8. The minimum atomic E-state index is -0.0310. The first-order valence-corrected chi connectivity index (χ1v) is 8.60. The number of nitrogens with zero attached hydrogens (tertiary/aromatic N) is 1. The molecule has 1 saturated heterocycles. The highest BCUT2D eigenvalue weighted by Crippen LogP contribution is 2.36. The molecule has 1 saturated carbocycles. The Kier molecular flexibility index (Phi) is 4.66. The lowest BCUT2D eigenvalue weighted by Crippen LogP contribution is -2.44. The van der Waals surface area contributed by atoms with Crippen molar-refractivity contribution in [2.45, 2.75) is 57.5 Å². The van der Waals surface area contributed by atoms with Crippen molar-refractivity contribution in [1.82, 2.24) is 4.90 Å². The highest BCUT2D eigenvalue weighted by atomic mass is 35.5. The Balaban J connectivity index is 1.74. The average molecular weight is 306 g/mol. The predicted octanol–water partition coefficient (Wildman–Crippen LogP) is 4.57. The van der Waals surface area contributed by atoms with Crippen LogP contribution in [0.1, 0.15) is 55.8 Å². The van der Waals surface area contributed by atoms with Gasteiger partial charge in [0.05, 0.1) is 6.04 Å². The summed E-state index contributed by atoms with van der Waals surface area (Å²) >= 11 is 6.02. The number of benzene rings is 1. The standard InChI is InChI=1S/C18H24ClNO/c1-13(18(21)15-8-4-9-16(19)12-15)20-11-5-10-17(20)14-6-2-3-7-14/h4,8-9,12-14,17H,2-3,5-7,10-11H2,1H3. The van der Waals surface area contributed by atoms with E-state index in [1.54, 1.807) is 6.07 Å². The maximum absolute atomic E-state index is 12.7. The molecular weight excluding hydrogens is 282 g/mol. The van der Waals surface area contributed by atoms with Gasteiger partial charge in [-0.05, 0) is 57.2 Å². The van der Waals surface area contributed by atoms with Crippen LogP contribution >= 0.6 is 11.6 Å². The predicted molar refractivity (Wildman–Crippen MR) is 86.9 cm³/mol. The summed E-state index contributed by atoms with van der Waals surface area (Å²) in [4.78, 5) is 15.2. The van der Waals surface area contributed by atoms with Crippen molar-refractivity contribution in [2.24, 2.45) is 5.92 Å². The molecule has 1 heterocycles. The summed E-state index contributed by atoms with van der Waals surface area (Å²) in [6, 6.07) is 7.94. The van der Waals surface area contributed by atoms with Gasteiger partial charge in [0.2, 0.25) is 0 Å². The van der Waals surface area contributed by atoms with Gasteiger partial charge in [0, 0.05) is 16.6 Å². The van der Waals surface area contributed by atoms with E-state index in [0.29, 0.717) is 11.1 Å². The normalized spacial score (nSPS) is 25.3. The molecule has 21 heavy (non-hydrogen) atoms. The Bertz CT molecular complexity index is 510. The van der Waals surface area contributed by atoms with E-state index in [4.69, 9.17) is 11.6 Å². The van der Waals surface area contributed by atoms with Crippen LogP contribution in [0.2, 0.25) is 5.02 Å². The molecule has 2 fully saturated rings. The number of hydrogen-bond acceptors (Lipinski definition) is 2. The van der Waals surface area contributed by atoms with E-state index in [2.05, 4.69) is 11.8 Å². The second kappa shape index (κ2) is 6.50. The van der Waals surface area contributed by atoms with Crippen molar-refractivity contribution in [3.05, 3.63) is 34.9 Å². The van der Waals surface area contributed by atoms with E-state index in [9.17, 15) is 4.79 Å². The van der Waals surface area contributed by atoms with E-state index in [0.717, 1.165) is 18.0 Å². The molecule has 2 aliphatic rings. The van der Waals surface area contributed by atoms with Crippen molar-refractivity contribution in [2.75, 3.05) is 6.54 Å². The summed E-state index contributed by atoms with van der Waals surface area (Å²) in [5.74, 6) is 1.02. The molecule has 0 aromatic heterocycles. The maximum atomic E-state index is 12.7. The minimum absolute atomic E-state index is 0.0310. The largest absolute Gasteiger partial charge is 0.292 e. The molecule has 3 rings (SSSR count). The van der Waals surface area contributed by atoms with Gasteiger partial charge in [-0.2, -0.15) is 0 Å². The molecule has 1 aliphatic heterocycles. The van der Waals surface area contributed by atoms with Crippen molar-refractivity contribution < 1.29 is 4.79 Å². The topological polar surface area (TPSA) is 20.3 Å². The second-order valence-corrected chi connectivity index (χ2v) is 6.98. The Morgan fingerprint density at radius 2 is 2.00 bits per heavy atom. The summed E-state index contributed by atoms with van der Waals surface area (Å²) in [5, 5.41) is 0.641. The van der Waals surface area contributed by atoms with Crippen LogP contribution in [-0.4, -0.2) is 29.3 Å². The molecule has 3 heteroatoms. The maximum Gasteiger partial charge on any atom is 0.179 e. The van der Waals surface area contributed by atoms with Crippen LogP contribution in [0.25, 0.3) is 0 Å². The van der Waals surface area contributed by atoms with Gasteiger partial charge in [0.25, 0.3) is 0 Å². The Morgan fingerprint density at radius 1 is 1.24 bits per heavy atom. The summed E-state index contributed by atoms with van der Waals surface area (Å²) in [5.41, 5.74) is 0.743. The molecule has 0 N–H and O–H groups in total. The van der Waals surface area contributed by atoms with E-state index in [1.165, 1.54) is 38.5 Å². The van der Waals surface area contributed by atoms with Gasteiger partial charge < -0.3 is 0 Å². The lowest BCUT2D eigenvalue weighted by molar-refractivity contribution is 0.0770. The smallest absolute Gasteiger partial charge is 0.179 e. The van der Waals surface area contributed by atoms with Gasteiger partial charge in [0.1, 0.15) is 0 Å². The van der Waals surface area contributed by atoms with Crippen molar-refractivity contribution in [3.8, 4) is 0 Å². The number of likely N-dealkylation sites (tertiary alicyclic amines) is 1. The Hall–Kier alpha value is -0.860. The third-order valence-electron chi connectivity index (χ3n) is 5.27. The molecule has 114 valence electrons. The molecule has 1 aliphatic carbocycles. The molecular formula is C18H24ClNO. The first-order valence-electron chi connectivity index (χ1n) is 8.22. The van der Waals surface area contributed by atoms with E-state index >= 15 is 0 Å². The van der Waals surface area contributed by atoms with Crippen LogP contribution in [0, 0.1) is 5.92 Å². The first-order chi connectivity index (χ1) is 10.2. The van der Waals surface area contributed by atoms with Gasteiger partial charge in [-0.25, -0.2) is 0 Å². The first kappa shape index (κ1) is 15.1. The fourth-order valence-corrected chi connectivity index (χ4v) is 4.37. The van der Waals surface area contributed by atoms with E-state index in [1.807, 2.05) is 18.2 Å². The highest BCUT2D eigenvalue weighted by Gasteiger charge is 2.37. The van der Waals surface area contributed by atoms with E-state index in [-0.39, 0.29) is 11.8 Å². The van der Waals surface area contributed by atoms with Gasteiger partial charge in [0.15, 0.2) is 5.78 Å². The third-order valence-corrected chi connectivity index (χ3v) is 5.51. The van der Waals surface area contributed by atoms with Gasteiger partial charge in [-0.15, -0.1) is 0 Å². The minimum Gasteiger partial charge on any atom is -0.292 e. The zero-order valence-corrected chi connectivity index (χ0v) is 13.5. The van der Waals surface area contributed by atoms with E-state index < -0.39 is 0 Å². The number of rotatable bonds is 4. The molecule has 2 unspecified atom stereocenters. The summed E-state index contributed by atoms with van der Waals surface area (Å²) in [6.07, 6.45) is 7.92. The van der Waals surface area contributed by atoms with Crippen molar-refractivity contribution in [3.63, 3.8) is 0 Å². The third kappa shape index (κ3) is 3.17. The van der Waals surface area contributed by atoms with Crippen LogP contribution in [0.3, 0.4) is 0 Å². The molecule has 0 bridgehead atoms. The summed E-state index contributed by atoms with van der Waals surface area (Å²) in [7, 11) is 0. The molecule has 0 radical (unpaired) electrons. The number of carbonyl (C=O) groups is 1. The number of carbonyl (C=O) groups excluding carboxylic acids is 1. The van der Waals surface area contributed by atoms with Crippen molar-refractivity contribution >= 4 is 17.4 Å². The fourth-order valence-electron chi connectivity index (χ4n) is 4.18. The summed E-state index contributed by atoms with van der Waals surface area (Å²) in [6.45, 7) is 3.13. The summed E-state index contributed by atoms with van der Waals surface area (Å²) < 4.78 is 0. The fraction of sp³-hybridized carbons (Fsp3) is 0.611. The lowest BCUT2D eigenvalue weighted by Gasteiger charge is -2.33. The molecule has 0 amide bonds. The molecule has 2 nitrogen and oxygen atoms in total. The van der Waals surface area contributed by atoms with Gasteiger partial charge in [-0.1, -0.05) is 36.6 Å². The molecule has 1 aromatic carbocycles. The monoisotopic (exact) mass is 305 g/mol. The number of hydrogen-bond donors (Lipinski definition) is 0. The van der Waals surface area contributed by atoms with Crippen LogP contribution in [-0.2, 0) is 0 Å². The SMILES string of the molecule is CC(C(=O)c1cccc(Cl)c1)N1CCCC1C1CCCC1. The quantitative estimate of drug-likeness (QED) is 0.760. The van der Waals surface area contributed by atoms with Crippen LogP contribution in [0.5, 0.6) is 0 Å². The number of Topliss-reactive ketones (excluding diaryl/α,β-unsaturated/α-hetero) is 1. The molecule has 0 spiro atoms. The number of halogens is 1. The Morgan fingerprint density at radius 3 is 2.71 bits per heavy atom. The highest BCUT2D eigenvalue weighted by molar-refractivity contribution is 6.31. The van der Waals surface area contributed by atoms with Gasteiger partial charge in [-0.3, -0.25) is 9.69 Å². The second-order valence-electron chi connectivity index (χ2n) is 6.54. The van der Waals surface area contributed by atoms with Crippen LogP contribution in [0.15, 0.2) is 24.3 Å². The van der Waals surface area contributed by atoms with Crippen LogP contribution < -0.4 is 0 Å². The Labute approximate surface area is 132 Å². The zero-order valence-electron chi connectivity index (χ0n) is 12.7. The molecule has 1 aromatic rings. The van der Waals surface area contributed by atoms with Crippen molar-refractivity contribution in [1.29, 1.82) is 0 Å². The number of ketones is 1. The van der Waals surface area contributed by atoms with Gasteiger partial charge >= 0.3 is 0 Å². The molecule has 2 atom stereocenters. The average Bonchev–Trinajstić information content (AvgIpc) is 3.16. The van der Waals surface area contributed by atoms with Crippen LogP contribution in [0.4, 0.5) is 0 Å². The lowest BCUT2D eigenvalue weighted by atomic mass is 9.94.